The second-order valence-electron chi connectivity index (χ2n) is 5.07. The number of halogens is 2. The average molecular weight is 379 g/mol. The molecule has 22 heavy (non-hydrogen) atoms. The standard InChI is InChI=1S/C14H9BrClN5O/c1-21-5-8-11(18-14(16)19-12(8)20-21)10-7-4-6(15)2-3-9(7)17-13(10)22/h2-5,10H,1H3,(H,17,22). The van der Waals surface area contributed by atoms with Crippen molar-refractivity contribution < 1.29 is 4.79 Å². The number of nitrogens with zero attached hydrogens (tertiary/aromatic N) is 4. The van der Waals surface area contributed by atoms with Crippen molar-refractivity contribution in [1.29, 1.82) is 0 Å². The van der Waals surface area contributed by atoms with Crippen LogP contribution in [0.5, 0.6) is 0 Å². The zero-order chi connectivity index (χ0) is 15.4. The first kappa shape index (κ1) is 13.7. The Labute approximate surface area is 138 Å². The van der Waals surface area contributed by atoms with Gasteiger partial charge in [0.1, 0.15) is 5.92 Å². The maximum absolute atomic E-state index is 12.4. The zero-order valence-corrected chi connectivity index (χ0v) is 13.7. The van der Waals surface area contributed by atoms with E-state index in [1.165, 1.54) is 0 Å². The van der Waals surface area contributed by atoms with Gasteiger partial charge in [0.15, 0.2) is 5.65 Å². The molecule has 2 aromatic heterocycles. The summed E-state index contributed by atoms with van der Waals surface area (Å²) >= 11 is 9.44. The van der Waals surface area contributed by atoms with Gasteiger partial charge in [0.2, 0.25) is 11.2 Å². The van der Waals surface area contributed by atoms with Crippen LogP contribution in [0.25, 0.3) is 11.0 Å². The fourth-order valence-corrected chi connectivity index (χ4v) is 3.29. The molecule has 1 amide bonds. The van der Waals surface area contributed by atoms with E-state index >= 15 is 0 Å². The summed E-state index contributed by atoms with van der Waals surface area (Å²) in [5.41, 5.74) is 2.69. The molecule has 6 nitrogen and oxygen atoms in total. The lowest BCUT2D eigenvalue weighted by Crippen LogP contribution is -2.15. The van der Waals surface area contributed by atoms with Gasteiger partial charge >= 0.3 is 0 Å². The average Bonchev–Trinajstić information content (AvgIpc) is 2.96. The summed E-state index contributed by atoms with van der Waals surface area (Å²) in [7, 11) is 1.79. The fraction of sp³-hybridized carbons (Fsp3) is 0.143. The number of aromatic nitrogens is 4. The van der Waals surface area contributed by atoms with Gasteiger partial charge in [0.05, 0.1) is 11.1 Å². The Bertz CT molecular complexity index is 938. The highest BCUT2D eigenvalue weighted by Gasteiger charge is 2.35. The number of benzene rings is 1. The summed E-state index contributed by atoms with van der Waals surface area (Å²) in [4.78, 5) is 20.9. The van der Waals surface area contributed by atoms with E-state index < -0.39 is 5.92 Å². The number of nitrogens with one attached hydrogen (secondary N) is 1. The second-order valence-corrected chi connectivity index (χ2v) is 6.33. The van der Waals surface area contributed by atoms with Crippen molar-refractivity contribution >= 4 is 50.2 Å². The van der Waals surface area contributed by atoms with Gasteiger partial charge in [-0.25, -0.2) is 4.98 Å². The molecule has 110 valence electrons. The molecule has 0 radical (unpaired) electrons. The fourth-order valence-electron chi connectivity index (χ4n) is 2.74. The Kier molecular flexibility index (Phi) is 2.95. The van der Waals surface area contributed by atoms with E-state index in [0.29, 0.717) is 11.3 Å². The van der Waals surface area contributed by atoms with Gasteiger partial charge in [0, 0.05) is 23.4 Å². The van der Waals surface area contributed by atoms with Gasteiger partial charge in [0.25, 0.3) is 0 Å². The minimum atomic E-state index is -0.528. The zero-order valence-electron chi connectivity index (χ0n) is 11.3. The largest absolute Gasteiger partial charge is 0.325 e. The quantitative estimate of drug-likeness (QED) is 0.661. The van der Waals surface area contributed by atoms with E-state index in [-0.39, 0.29) is 11.2 Å². The molecule has 3 heterocycles. The first-order chi connectivity index (χ1) is 10.5. The molecule has 8 heteroatoms. The number of rotatable bonds is 1. The Hall–Kier alpha value is -1.99. The molecule has 1 atom stereocenters. The molecule has 4 rings (SSSR count). The van der Waals surface area contributed by atoms with Crippen LogP contribution in [0.1, 0.15) is 17.2 Å². The van der Waals surface area contributed by atoms with E-state index in [1.54, 1.807) is 17.9 Å². The second kappa shape index (κ2) is 4.76. The van der Waals surface area contributed by atoms with E-state index in [0.717, 1.165) is 21.1 Å². The van der Waals surface area contributed by atoms with Crippen LogP contribution in [0.15, 0.2) is 28.9 Å². The summed E-state index contributed by atoms with van der Waals surface area (Å²) < 4.78 is 2.53. The minimum Gasteiger partial charge on any atom is -0.325 e. The molecule has 0 aliphatic carbocycles. The number of hydrogen-bond acceptors (Lipinski definition) is 4. The van der Waals surface area contributed by atoms with E-state index in [1.807, 2.05) is 18.2 Å². The number of anilines is 1. The molecular weight excluding hydrogens is 370 g/mol. The number of amides is 1. The van der Waals surface area contributed by atoms with Gasteiger partial charge in [-0.2, -0.15) is 10.1 Å². The number of aryl methyl sites for hydroxylation is 1. The van der Waals surface area contributed by atoms with Crippen molar-refractivity contribution in [1.82, 2.24) is 19.7 Å². The monoisotopic (exact) mass is 377 g/mol. The van der Waals surface area contributed by atoms with Crippen molar-refractivity contribution in [3.05, 3.63) is 45.4 Å². The van der Waals surface area contributed by atoms with Crippen LogP contribution in [0.3, 0.4) is 0 Å². The molecule has 1 aliphatic rings. The summed E-state index contributed by atoms with van der Waals surface area (Å²) in [6.07, 6.45) is 1.80. The van der Waals surface area contributed by atoms with Crippen molar-refractivity contribution in [3.8, 4) is 0 Å². The van der Waals surface area contributed by atoms with Crippen molar-refractivity contribution in [2.45, 2.75) is 5.92 Å². The Morgan fingerprint density at radius 3 is 3.00 bits per heavy atom. The number of carbonyl (C=O) groups excluding carboxylic acids is 1. The molecule has 1 aliphatic heterocycles. The summed E-state index contributed by atoms with van der Waals surface area (Å²) in [5.74, 6) is -0.660. The molecular formula is C14H9BrClN5O. The smallest absolute Gasteiger partial charge is 0.238 e. The molecule has 0 spiro atoms. The topological polar surface area (TPSA) is 72.7 Å². The Morgan fingerprint density at radius 1 is 1.36 bits per heavy atom. The minimum absolute atomic E-state index is 0.0810. The van der Waals surface area contributed by atoms with Gasteiger partial charge in [-0.3, -0.25) is 9.48 Å². The maximum Gasteiger partial charge on any atom is 0.238 e. The van der Waals surface area contributed by atoms with Gasteiger partial charge in [-0.15, -0.1) is 0 Å². The van der Waals surface area contributed by atoms with Crippen molar-refractivity contribution in [2.24, 2.45) is 7.05 Å². The molecule has 1 unspecified atom stereocenters. The molecule has 0 fully saturated rings. The molecule has 0 saturated heterocycles. The highest BCUT2D eigenvalue weighted by atomic mass is 79.9. The van der Waals surface area contributed by atoms with Gasteiger partial charge in [-0.1, -0.05) is 15.9 Å². The SMILES string of the molecule is Cn1cc2c(C3C(=O)Nc4ccc(Br)cc43)nc(Cl)nc2n1. The first-order valence-electron chi connectivity index (χ1n) is 6.50. The predicted molar refractivity (Wildman–Crippen MR) is 85.9 cm³/mol. The predicted octanol–water partition coefficient (Wildman–Crippen LogP) is 2.86. The lowest BCUT2D eigenvalue weighted by Gasteiger charge is -2.09. The summed E-state index contributed by atoms with van der Waals surface area (Å²) in [6.45, 7) is 0. The number of hydrogen-bond donors (Lipinski definition) is 1. The summed E-state index contributed by atoms with van der Waals surface area (Å²) in [6, 6.07) is 5.66. The van der Waals surface area contributed by atoms with Crippen molar-refractivity contribution in [3.63, 3.8) is 0 Å². The lowest BCUT2D eigenvalue weighted by atomic mass is 9.95. The lowest BCUT2D eigenvalue weighted by molar-refractivity contribution is -0.116. The first-order valence-corrected chi connectivity index (χ1v) is 7.67. The van der Waals surface area contributed by atoms with E-state index in [2.05, 4.69) is 36.3 Å². The van der Waals surface area contributed by atoms with Gasteiger partial charge in [-0.05, 0) is 35.4 Å². The highest BCUT2D eigenvalue weighted by Crippen LogP contribution is 2.40. The van der Waals surface area contributed by atoms with Crippen LogP contribution in [-0.2, 0) is 11.8 Å². The number of carbonyl (C=O) groups is 1. The van der Waals surface area contributed by atoms with E-state index in [4.69, 9.17) is 11.6 Å². The molecule has 3 aromatic rings. The van der Waals surface area contributed by atoms with Crippen LogP contribution < -0.4 is 5.32 Å². The van der Waals surface area contributed by atoms with Gasteiger partial charge < -0.3 is 5.32 Å². The van der Waals surface area contributed by atoms with Crippen LogP contribution in [-0.4, -0.2) is 25.7 Å². The number of fused-ring (bicyclic) bond motifs is 2. The highest BCUT2D eigenvalue weighted by molar-refractivity contribution is 9.10. The van der Waals surface area contributed by atoms with Crippen LogP contribution in [0.4, 0.5) is 5.69 Å². The summed E-state index contributed by atoms with van der Waals surface area (Å²) in [5, 5.41) is 7.92. The normalized spacial score (nSPS) is 16.9. The molecule has 0 saturated carbocycles. The molecule has 1 aromatic carbocycles. The Balaban J connectivity index is 2.00. The molecule has 0 bridgehead atoms. The van der Waals surface area contributed by atoms with Crippen LogP contribution in [0, 0.1) is 0 Å². The third-order valence-corrected chi connectivity index (χ3v) is 4.28. The Morgan fingerprint density at radius 2 is 2.18 bits per heavy atom. The third-order valence-electron chi connectivity index (χ3n) is 3.61. The van der Waals surface area contributed by atoms with Crippen LogP contribution in [0.2, 0.25) is 5.28 Å². The molecule has 1 N–H and O–H groups in total. The maximum atomic E-state index is 12.4. The third kappa shape index (κ3) is 2.00. The van der Waals surface area contributed by atoms with Crippen molar-refractivity contribution in [2.75, 3.05) is 5.32 Å². The van der Waals surface area contributed by atoms with Crippen LogP contribution >= 0.6 is 27.5 Å². The van der Waals surface area contributed by atoms with E-state index in [9.17, 15) is 4.79 Å².